The number of anilines is 2. The minimum atomic E-state index is -0.177. The Morgan fingerprint density at radius 2 is 1.83 bits per heavy atom. The molecule has 2 aromatic carbocycles. The van der Waals surface area contributed by atoms with Crippen molar-refractivity contribution in [1.82, 2.24) is 9.97 Å². The van der Waals surface area contributed by atoms with Gasteiger partial charge in [0.2, 0.25) is 0 Å². The summed E-state index contributed by atoms with van der Waals surface area (Å²) in [5.74, 6) is 2.06. The van der Waals surface area contributed by atoms with Crippen LogP contribution in [0.3, 0.4) is 0 Å². The molecule has 0 fully saturated rings. The molecule has 0 saturated carbocycles. The number of nitrogens with zero attached hydrogens (tertiary/aromatic N) is 4. The van der Waals surface area contributed by atoms with Crippen molar-refractivity contribution < 1.29 is 14.9 Å². The Morgan fingerprint density at radius 3 is 2.46 bits per heavy atom. The molecule has 0 atom stereocenters. The highest BCUT2D eigenvalue weighted by Gasteiger charge is 2.17. The predicted octanol–water partition coefficient (Wildman–Crippen LogP) is 3.51. The maximum atomic E-state index is 11.1. The molecule has 1 aromatic heterocycles. The molecule has 1 N–H and O–H groups in total. The fourth-order valence-electron chi connectivity index (χ4n) is 2.52. The summed E-state index contributed by atoms with van der Waals surface area (Å²) in [6.45, 7) is 1.78. The van der Waals surface area contributed by atoms with Gasteiger partial charge in [-0.1, -0.05) is 0 Å². The van der Waals surface area contributed by atoms with E-state index in [1.54, 1.807) is 20.1 Å². The van der Waals surface area contributed by atoms with E-state index >= 15 is 0 Å². The second kappa shape index (κ2) is 6.11. The summed E-state index contributed by atoms with van der Waals surface area (Å²) in [6, 6.07) is 12.4. The van der Waals surface area contributed by atoms with Crippen molar-refractivity contribution in [2.24, 2.45) is 0 Å². The molecule has 0 amide bonds. The largest absolute Gasteiger partial charge is 0.497 e. The minimum absolute atomic E-state index is 0.124. The van der Waals surface area contributed by atoms with Crippen molar-refractivity contribution in [3.05, 3.63) is 53.2 Å². The molecule has 0 aliphatic rings. The summed E-state index contributed by atoms with van der Waals surface area (Å²) < 4.78 is 5.18. The standard InChI is InChI=1S/C17H17N4O3/c1-11-18-16-10-13(21(22)23)6-9-15(16)17(19-11)20(2)12-4-7-14(24-3)8-5-12/h4-10H,1-3H3,(H,22,23)/q+1. The molecular formula is C17H17N4O3+. The Hall–Kier alpha value is -3.22. The van der Waals surface area contributed by atoms with E-state index in [0.717, 1.165) is 16.8 Å². The van der Waals surface area contributed by atoms with Gasteiger partial charge in [-0.25, -0.2) is 15.2 Å². The van der Waals surface area contributed by atoms with Gasteiger partial charge in [-0.3, -0.25) is 0 Å². The van der Waals surface area contributed by atoms with Crippen LogP contribution in [0, 0.1) is 11.8 Å². The van der Waals surface area contributed by atoms with Crippen LogP contribution in [0.25, 0.3) is 10.9 Å². The SMILES string of the molecule is COc1ccc(N(C)c2nc(C)nc3cc([N+](=O)O)ccc23)cc1. The zero-order chi connectivity index (χ0) is 17.3. The molecule has 0 bridgehead atoms. The van der Waals surface area contributed by atoms with Gasteiger partial charge >= 0.3 is 5.69 Å². The molecule has 0 radical (unpaired) electrons. The van der Waals surface area contributed by atoms with Crippen LogP contribution < -0.4 is 9.64 Å². The van der Waals surface area contributed by atoms with E-state index in [4.69, 9.17) is 9.94 Å². The summed E-state index contributed by atoms with van der Waals surface area (Å²) in [4.78, 5) is 21.7. The van der Waals surface area contributed by atoms with Crippen LogP contribution in [0.1, 0.15) is 5.82 Å². The predicted molar refractivity (Wildman–Crippen MR) is 90.4 cm³/mol. The molecule has 3 aromatic rings. The number of aromatic nitrogens is 2. The van der Waals surface area contributed by atoms with Gasteiger partial charge in [0.25, 0.3) is 4.92 Å². The number of ether oxygens (including phenoxy) is 1. The number of benzene rings is 2. The molecule has 7 heteroatoms. The van der Waals surface area contributed by atoms with E-state index in [0.29, 0.717) is 17.2 Å². The van der Waals surface area contributed by atoms with Crippen LogP contribution in [0.15, 0.2) is 42.5 Å². The normalized spacial score (nSPS) is 10.6. The molecule has 1 heterocycles. The van der Waals surface area contributed by atoms with Gasteiger partial charge in [0.1, 0.15) is 17.4 Å². The van der Waals surface area contributed by atoms with E-state index in [1.165, 1.54) is 12.1 Å². The van der Waals surface area contributed by atoms with Crippen LogP contribution in [0.4, 0.5) is 17.2 Å². The molecule has 0 aliphatic carbocycles. The van der Waals surface area contributed by atoms with Crippen molar-refractivity contribution in [2.45, 2.75) is 6.92 Å². The van der Waals surface area contributed by atoms with E-state index in [9.17, 15) is 4.91 Å². The van der Waals surface area contributed by atoms with Gasteiger partial charge in [0.05, 0.1) is 17.5 Å². The van der Waals surface area contributed by atoms with Gasteiger partial charge in [0, 0.05) is 30.3 Å². The first-order valence-electron chi connectivity index (χ1n) is 7.32. The number of hydrogen-bond donors (Lipinski definition) is 1. The molecule has 7 nitrogen and oxygen atoms in total. The maximum Gasteiger partial charge on any atom is 0.318 e. The summed E-state index contributed by atoms with van der Waals surface area (Å²) in [7, 11) is 3.53. The molecule has 0 spiro atoms. The lowest BCUT2D eigenvalue weighted by molar-refractivity contribution is -0.729. The fourth-order valence-corrected chi connectivity index (χ4v) is 2.52. The van der Waals surface area contributed by atoms with Gasteiger partial charge in [-0.2, -0.15) is 0 Å². The third kappa shape index (κ3) is 2.83. The van der Waals surface area contributed by atoms with Crippen molar-refractivity contribution in [3.63, 3.8) is 0 Å². The van der Waals surface area contributed by atoms with Gasteiger partial charge in [0.15, 0.2) is 0 Å². The Labute approximate surface area is 138 Å². The van der Waals surface area contributed by atoms with E-state index < -0.39 is 0 Å². The highest BCUT2D eigenvalue weighted by atomic mass is 16.6. The van der Waals surface area contributed by atoms with E-state index in [1.807, 2.05) is 36.2 Å². The number of hydrogen-bond acceptors (Lipinski definition) is 5. The molecule has 122 valence electrons. The summed E-state index contributed by atoms with van der Waals surface area (Å²) in [6.07, 6.45) is 0. The number of aryl methyl sites for hydroxylation is 1. The molecule has 0 aliphatic heterocycles. The van der Waals surface area contributed by atoms with Crippen molar-refractivity contribution in [1.29, 1.82) is 0 Å². The fraction of sp³-hybridized carbons (Fsp3) is 0.176. The van der Waals surface area contributed by atoms with E-state index in [2.05, 4.69) is 9.97 Å². The lowest BCUT2D eigenvalue weighted by Crippen LogP contribution is -2.13. The molecule has 24 heavy (non-hydrogen) atoms. The van der Waals surface area contributed by atoms with Crippen molar-refractivity contribution in [2.75, 3.05) is 19.1 Å². The molecule has 0 saturated heterocycles. The number of methoxy groups -OCH3 is 1. The first-order valence-corrected chi connectivity index (χ1v) is 7.32. The van der Waals surface area contributed by atoms with Gasteiger partial charge in [-0.15, -0.1) is 0 Å². The first-order chi connectivity index (χ1) is 11.5. The van der Waals surface area contributed by atoms with Crippen LogP contribution in [0.5, 0.6) is 5.75 Å². The van der Waals surface area contributed by atoms with Crippen LogP contribution in [-0.4, -0.2) is 34.3 Å². The minimum Gasteiger partial charge on any atom is -0.497 e. The smallest absolute Gasteiger partial charge is 0.318 e. The van der Waals surface area contributed by atoms with Crippen LogP contribution >= 0.6 is 0 Å². The average molecular weight is 325 g/mol. The lowest BCUT2D eigenvalue weighted by atomic mass is 10.2. The molecule has 3 rings (SSSR count). The maximum absolute atomic E-state index is 11.1. The third-order valence-electron chi connectivity index (χ3n) is 3.77. The summed E-state index contributed by atoms with van der Waals surface area (Å²) >= 11 is 0. The summed E-state index contributed by atoms with van der Waals surface area (Å²) in [5, 5.41) is 9.85. The van der Waals surface area contributed by atoms with E-state index in [-0.39, 0.29) is 10.6 Å². The number of fused-ring (bicyclic) bond motifs is 1. The second-order valence-electron chi connectivity index (χ2n) is 5.33. The highest BCUT2D eigenvalue weighted by molar-refractivity contribution is 5.92. The Morgan fingerprint density at radius 1 is 1.12 bits per heavy atom. The lowest BCUT2D eigenvalue weighted by Gasteiger charge is -2.20. The second-order valence-corrected chi connectivity index (χ2v) is 5.33. The van der Waals surface area contributed by atoms with Crippen LogP contribution in [0.2, 0.25) is 0 Å². The topological polar surface area (TPSA) is 78.6 Å². The molecular weight excluding hydrogens is 308 g/mol. The van der Waals surface area contributed by atoms with Gasteiger partial charge in [-0.05, 0) is 37.3 Å². The Bertz CT molecular complexity index is 910. The highest BCUT2D eigenvalue weighted by Crippen LogP contribution is 2.31. The average Bonchev–Trinajstić information content (AvgIpc) is 2.59. The summed E-state index contributed by atoms with van der Waals surface area (Å²) in [5.41, 5.74) is 1.65. The quantitative estimate of drug-likeness (QED) is 0.740. The number of rotatable bonds is 4. The monoisotopic (exact) mass is 325 g/mol. The third-order valence-corrected chi connectivity index (χ3v) is 3.77. The van der Waals surface area contributed by atoms with Crippen molar-refractivity contribution >= 4 is 28.1 Å². The Balaban J connectivity index is 2.11. The zero-order valence-corrected chi connectivity index (χ0v) is 13.6. The molecule has 0 unspecified atom stereocenters. The Kier molecular flexibility index (Phi) is 3.99. The van der Waals surface area contributed by atoms with Gasteiger partial charge < -0.3 is 9.64 Å². The van der Waals surface area contributed by atoms with Crippen molar-refractivity contribution in [3.8, 4) is 5.75 Å². The first kappa shape index (κ1) is 15.7. The zero-order valence-electron chi connectivity index (χ0n) is 13.6. The van der Waals surface area contributed by atoms with Crippen LogP contribution in [-0.2, 0) is 0 Å².